The molecule has 8 bridgehead atoms. The monoisotopic (exact) mass is 1240 g/mol. The molecule has 1 aliphatic carbocycles. The Labute approximate surface area is 423 Å². The number of fused-ring (bicyclic) bond motifs is 1. The Balaban J connectivity index is 1.59. The number of hydrogen-bond donors (Lipinski definition) is 0. The summed E-state index contributed by atoms with van der Waals surface area (Å²) in [7, 11) is -63.6. The fourth-order valence-electron chi connectivity index (χ4n) is 8.15. The maximum atomic E-state index is 7.60. The van der Waals surface area contributed by atoms with Crippen LogP contribution in [0.2, 0.25) is 157 Å². The van der Waals surface area contributed by atoms with Crippen LogP contribution >= 0.6 is 0 Å². The second-order valence-corrected chi connectivity index (χ2v) is 83.9. The molecule has 1 saturated carbocycles. The molecule has 7 saturated heterocycles. The SMILES string of the molecule is C[Si](C)(C)O[Si]12O[Si]3(O[Si](C)(C)C)O[Si]4(O[Si](C)(C)C)O[Si](O[Si](C)(C)C)(O1)O[Si]1(O[Si](C)(C)C)O[Si](O[Si](C)(C)C)(O2)O[Si](O[Si](C)(C)C)(O3)O[Si](O[Si](C)(C)CCC2CCC3OC3C2)(O4)O1. The van der Waals surface area contributed by atoms with Gasteiger partial charge in [0.1, 0.15) is 0 Å². The lowest BCUT2D eigenvalue weighted by Crippen LogP contribution is -2.93. The van der Waals surface area contributed by atoms with Crippen LogP contribution in [0.25, 0.3) is 0 Å². The highest BCUT2D eigenvalue weighted by molar-refractivity contribution is 7.04. The van der Waals surface area contributed by atoms with E-state index in [-0.39, 0.29) is 0 Å². The van der Waals surface area contributed by atoms with E-state index >= 15 is 0 Å². The second-order valence-electron chi connectivity index (χ2n) is 26.0. The smallest absolute Gasteiger partial charge is 0.396 e. The van der Waals surface area contributed by atoms with Crippen molar-refractivity contribution in [3.63, 3.8) is 0 Å². The van der Waals surface area contributed by atoms with Crippen LogP contribution in [0.15, 0.2) is 0 Å². The molecule has 8 aliphatic rings. The van der Waals surface area contributed by atoms with Gasteiger partial charge in [-0.05, 0) is 182 Å². The Hall–Kier alpha value is 2.63. The first kappa shape index (κ1) is 58.3. The molecule has 37 heteroatoms. The van der Waals surface area contributed by atoms with Crippen LogP contribution in [-0.2, 0) is 87.0 Å². The largest absolute Gasteiger partial charge is 0.651 e. The summed E-state index contributed by atoms with van der Waals surface area (Å²) in [6.07, 6.45) is 4.74. The highest BCUT2D eigenvalue weighted by Gasteiger charge is 2.92. The number of ether oxygens (including phenoxy) is 1. The quantitative estimate of drug-likeness (QED) is 0.0893. The highest BCUT2D eigenvalue weighted by atomic mass is 28.7. The number of epoxide rings is 1. The van der Waals surface area contributed by atoms with Gasteiger partial charge in [0, 0.05) is 0 Å². The minimum atomic E-state index is -5.11. The van der Waals surface area contributed by atoms with E-state index in [0.717, 1.165) is 25.7 Å². The van der Waals surface area contributed by atoms with Gasteiger partial charge in [0.2, 0.25) is 0 Å². The zero-order valence-corrected chi connectivity index (χ0v) is 60.8. The summed E-state index contributed by atoms with van der Waals surface area (Å²) in [5.41, 5.74) is 0. The first-order valence-corrected chi connectivity index (χ1v) is 63.9. The summed E-state index contributed by atoms with van der Waals surface area (Å²) < 4.78 is 154. The zero-order valence-electron chi connectivity index (χ0n) is 44.8. The normalized spacial score (nSPS) is 41.4. The zero-order chi connectivity index (χ0) is 51.1. The molecule has 0 N–H and O–H groups in total. The number of hydrogen-bond acceptors (Lipinski definition) is 21. The standard InChI is InChI=1S/C31H82O21Si16/c1-53(2,3)33-61-41-62(34-54(4,5)6)44-65(37-57(13,14)15)46-63(42-61,35-55(7,8)9)48-67(39-59(19,20)21)49-64(43-61,36-56(10,11)12)47-66(45-62,38-58(16,17)18)51-68(50-65,52-67)40-60(22,23)27-26-29-24-25-30-31(28-29)32-30/h29-31H,24-28H2,1-23H3. The van der Waals surface area contributed by atoms with Crippen LogP contribution in [0.3, 0.4) is 0 Å². The topological polar surface area (TPSA) is 197 Å². The van der Waals surface area contributed by atoms with Gasteiger partial charge in [0.15, 0.2) is 66.5 Å². The van der Waals surface area contributed by atoms with Crippen molar-refractivity contribution in [3.05, 3.63) is 0 Å². The summed E-state index contributed by atoms with van der Waals surface area (Å²) in [5.74, 6) is 0.455. The molecule has 396 valence electrons. The minimum absolute atomic E-state index is 0.325. The molecule has 8 rings (SSSR count). The van der Waals surface area contributed by atoms with Gasteiger partial charge in [0.05, 0.1) is 12.2 Å². The van der Waals surface area contributed by atoms with E-state index in [9.17, 15) is 0 Å². The average Bonchev–Trinajstić information content (AvgIpc) is 3.72. The van der Waals surface area contributed by atoms with Crippen LogP contribution in [-0.4, -0.2) is 151 Å². The second kappa shape index (κ2) is 18.4. The van der Waals surface area contributed by atoms with Crippen LogP contribution in [0.1, 0.15) is 25.7 Å². The summed E-state index contributed by atoms with van der Waals surface area (Å²) in [5, 5.41) is 0. The predicted octanol–water partition coefficient (Wildman–Crippen LogP) is 7.88. The third kappa shape index (κ3) is 15.2. The molecule has 3 unspecified atom stereocenters. The molecule has 0 radical (unpaired) electrons. The van der Waals surface area contributed by atoms with Gasteiger partial charge in [-0.2, -0.15) is 0 Å². The van der Waals surface area contributed by atoms with Crippen molar-refractivity contribution in [3.8, 4) is 0 Å². The van der Waals surface area contributed by atoms with E-state index in [1.165, 1.54) is 0 Å². The summed E-state index contributed by atoms with van der Waals surface area (Å²) in [6, 6.07) is 0.699. The molecular weight excluding hydrogens is 1160 g/mol. The van der Waals surface area contributed by atoms with Gasteiger partial charge in [0.25, 0.3) is 0 Å². The lowest BCUT2D eigenvalue weighted by Gasteiger charge is -2.60. The molecule has 0 amide bonds. The Morgan fingerprint density at radius 2 is 0.529 bits per heavy atom. The Kier molecular flexibility index (Phi) is 15.8. The van der Waals surface area contributed by atoms with Crippen molar-refractivity contribution < 1.29 is 87.0 Å². The molecule has 68 heavy (non-hydrogen) atoms. The molecule has 0 spiro atoms. The van der Waals surface area contributed by atoms with E-state index in [1.54, 1.807) is 0 Å². The van der Waals surface area contributed by atoms with Crippen LogP contribution in [0, 0.1) is 5.92 Å². The van der Waals surface area contributed by atoms with Gasteiger partial charge in [-0.3, -0.25) is 0 Å². The van der Waals surface area contributed by atoms with E-state index < -0.39 is 139 Å². The lowest BCUT2D eigenvalue weighted by atomic mass is 9.88. The van der Waals surface area contributed by atoms with Crippen molar-refractivity contribution in [2.45, 2.75) is 195 Å². The Morgan fingerprint density at radius 1 is 0.309 bits per heavy atom. The molecular formula is C31H82O21Si16. The van der Waals surface area contributed by atoms with E-state index in [4.69, 9.17) is 87.0 Å². The van der Waals surface area contributed by atoms with Gasteiger partial charge in [-0.1, -0.05) is 6.42 Å². The van der Waals surface area contributed by atoms with E-state index in [2.05, 4.69) is 13.1 Å². The average molecular weight is 1240 g/mol. The summed E-state index contributed by atoms with van der Waals surface area (Å²) in [4.78, 5) is 0. The number of rotatable bonds is 19. The van der Waals surface area contributed by atoms with Crippen molar-refractivity contribution >= 4 is 139 Å². The first-order valence-electron chi connectivity index (χ1n) is 23.9. The van der Waals surface area contributed by atoms with Gasteiger partial charge in [-0.15, -0.1) is 0 Å². The van der Waals surface area contributed by atoms with Crippen molar-refractivity contribution in [2.75, 3.05) is 0 Å². The van der Waals surface area contributed by atoms with E-state index in [0.29, 0.717) is 24.2 Å². The van der Waals surface area contributed by atoms with Crippen molar-refractivity contribution in [2.24, 2.45) is 5.92 Å². The Bertz CT molecular complexity index is 1680. The van der Waals surface area contributed by atoms with Gasteiger partial charge < -0.3 is 87.0 Å². The van der Waals surface area contributed by atoms with Crippen molar-refractivity contribution in [1.29, 1.82) is 0 Å². The fourth-order valence-corrected chi connectivity index (χ4v) is 74.1. The molecule has 0 aromatic heterocycles. The van der Waals surface area contributed by atoms with Crippen LogP contribution in [0.4, 0.5) is 0 Å². The molecule has 7 heterocycles. The summed E-state index contributed by atoms with van der Waals surface area (Å²) in [6.45, 7) is 45.7. The lowest BCUT2D eigenvalue weighted by molar-refractivity contribution is -0.129. The maximum Gasteiger partial charge on any atom is 0.651 e. The van der Waals surface area contributed by atoms with Gasteiger partial charge in [-0.25, -0.2) is 0 Å². The molecule has 8 fully saturated rings. The molecule has 7 aliphatic heterocycles. The fraction of sp³-hybridized carbons (Fsp3) is 1.00. The van der Waals surface area contributed by atoms with Crippen LogP contribution < -0.4 is 0 Å². The predicted molar refractivity (Wildman–Crippen MR) is 284 cm³/mol. The maximum absolute atomic E-state index is 7.60. The molecule has 0 aromatic rings. The molecule has 0 aromatic carbocycles. The van der Waals surface area contributed by atoms with Gasteiger partial charge >= 0.3 is 72.4 Å². The molecule has 21 nitrogen and oxygen atoms in total. The first-order chi connectivity index (χ1) is 30.2. The minimum Gasteiger partial charge on any atom is -0.396 e. The third-order valence-electron chi connectivity index (χ3n) is 9.69. The summed E-state index contributed by atoms with van der Waals surface area (Å²) >= 11 is 0. The Morgan fingerprint density at radius 3 is 0.735 bits per heavy atom. The van der Waals surface area contributed by atoms with E-state index in [1.807, 2.05) is 137 Å². The van der Waals surface area contributed by atoms with Crippen molar-refractivity contribution in [1.82, 2.24) is 0 Å². The highest BCUT2D eigenvalue weighted by Crippen LogP contribution is 2.53. The molecule has 3 atom stereocenters. The van der Waals surface area contributed by atoms with Crippen LogP contribution in [0.5, 0.6) is 0 Å². The third-order valence-corrected chi connectivity index (χ3v) is 62.5.